The van der Waals surface area contributed by atoms with Gasteiger partial charge in [-0.3, -0.25) is 14.9 Å². The van der Waals surface area contributed by atoms with Gasteiger partial charge in [-0.1, -0.05) is 19.8 Å². The normalized spacial score (nSPS) is 10.3. The highest BCUT2D eigenvalue weighted by atomic mass is 16.6. The van der Waals surface area contributed by atoms with Gasteiger partial charge in [0.15, 0.2) is 0 Å². The average molecular weight is 342 g/mol. The summed E-state index contributed by atoms with van der Waals surface area (Å²) in [5.41, 5.74) is 1.47. The SMILES string of the molecule is CCCCCOc1ccc(NC(=O)c2ccc([N+](=O)[O-])c(C)c2)cc1. The van der Waals surface area contributed by atoms with Crippen molar-refractivity contribution in [2.45, 2.75) is 33.1 Å². The van der Waals surface area contributed by atoms with Crippen LogP contribution in [0.3, 0.4) is 0 Å². The third-order valence-corrected chi connectivity index (χ3v) is 3.78. The Morgan fingerprint density at radius 1 is 1.16 bits per heavy atom. The molecule has 0 aliphatic heterocycles. The van der Waals surface area contributed by atoms with Crippen LogP contribution in [0.25, 0.3) is 0 Å². The molecule has 0 bridgehead atoms. The summed E-state index contributed by atoms with van der Waals surface area (Å²) < 4.78 is 5.63. The van der Waals surface area contributed by atoms with Crippen LogP contribution in [-0.4, -0.2) is 17.4 Å². The van der Waals surface area contributed by atoms with Gasteiger partial charge in [-0.15, -0.1) is 0 Å². The second-order valence-corrected chi connectivity index (χ2v) is 5.79. The number of nitro groups is 1. The van der Waals surface area contributed by atoms with Crippen LogP contribution in [0.2, 0.25) is 0 Å². The van der Waals surface area contributed by atoms with E-state index in [-0.39, 0.29) is 11.6 Å². The minimum atomic E-state index is -0.462. The van der Waals surface area contributed by atoms with E-state index in [1.807, 2.05) is 12.1 Å². The molecule has 2 rings (SSSR count). The molecule has 0 aliphatic carbocycles. The Balaban J connectivity index is 1.96. The van der Waals surface area contributed by atoms with Crippen molar-refractivity contribution in [3.05, 3.63) is 63.7 Å². The van der Waals surface area contributed by atoms with E-state index in [1.165, 1.54) is 18.2 Å². The molecule has 0 fully saturated rings. The first-order valence-corrected chi connectivity index (χ1v) is 8.30. The molecule has 132 valence electrons. The molecule has 0 aliphatic rings. The number of ether oxygens (including phenoxy) is 1. The van der Waals surface area contributed by atoms with Crippen LogP contribution < -0.4 is 10.1 Å². The van der Waals surface area contributed by atoms with E-state index in [0.717, 1.165) is 25.0 Å². The lowest BCUT2D eigenvalue weighted by Gasteiger charge is -2.09. The maximum Gasteiger partial charge on any atom is 0.272 e. The van der Waals surface area contributed by atoms with Crippen molar-refractivity contribution in [3.63, 3.8) is 0 Å². The molecule has 0 atom stereocenters. The van der Waals surface area contributed by atoms with Gasteiger partial charge < -0.3 is 10.1 Å². The molecule has 1 amide bonds. The molecule has 2 aromatic carbocycles. The molecule has 0 radical (unpaired) electrons. The van der Waals surface area contributed by atoms with Gasteiger partial charge in [0.2, 0.25) is 0 Å². The van der Waals surface area contributed by atoms with Crippen LogP contribution in [0.1, 0.15) is 42.1 Å². The number of carbonyl (C=O) groups is 1. The van der Waals surface area contributed by atoms with E-state index < -0.39 is 4.92 Å². The third-order valence-electron chi connectivity index (χ3n) is 3.78. The molecule has 2 aromatic rings. The van der Waals surface area contributed by atoms with Crippen LogP contribution in [0.4, 0.5) is 11.4 Å². The molecular formula is C19H22N2O4. The fourth-order valence-electron chi connectivity index (χ4n) is 2.38. The van der Waals surface area contributed by atoms with Crippen LogP contribution in [0.5, 0.6) is 5.75 Å². The molecule has 1 N–H and O–H groups in total. The Hall–Kier alpha value is -2.89. The highest BCUT2D eigenvalue weighted by Gasteiger charge is 2.13. The second kappa shape index (κ2) is 8.82. The van der Waals surface area contributed by atoms with Crippen molar-refractivity contribution >= 4 is 17.3 Å². The molecular weight excluding hydrogens is 320 g/mol. The molecule has 0 saturated carbocycles. The monoisotopic (exact) mass is 342 g/mol. The van der Waals surface area contributed by atoms with Gasteiger partial charge in [0, 0.05) is 22.9 Å². The summed E-state index contributed by atoms with van der Waals surface area (Å²) >= 11 is 0. The van der Waals surface area contributed by atoms with Gasteiger partial charge in [-0.05, 0) is 49.7 Å². The highest BCUT2D eigenvalue weighted by molar-refractivity contribution is 6.04. The molecule has 6 nitrogen and oxygen atoms in total. The lowest BCUT2D eigenvalue weighted by atomic mass is 10.1. The molecule has 6 heteroatoms. The number of nitro benzene ring substituents is 1. The number of hydrogen-bond donors (Lipinski definition) is 1. The summed E-state index contributed by atoms with van der Waals surface area (Å²) in [6, 6.07) is 11.5. The van der Waals surface area contributed by atoms with Gasteiger partial charge in [-0.2, -0.15) is 0 Å². The van der Waals surface area contributed by atoms with E-state index in [1.54, 1.807) is 19.1 Å². The summed E-state index contributed by atoms with van der Waals surface area (Å²) in [7, 11) is 0. The Bertz CT molecular complexity index is 742. The molecule has 0 unspecified atom stereocenters. The first-order valence-electron chi connectivity index (χ1n) is 8.30. The van der Waals surface area contributed by atoms with Crippen molar-refractivity contribution in [1.82, 2.24) is 0 Å². The maximum atomic E-state index is 12.3. The predicted molar refractivity (Wildman–Crippen MR) is 97.2 cm³/mol. The maximum absolute atomic E-state index is 12.3. The minimum Gasteiger partial charge on any atom is -0.494 e. The van der Waals surface area contributed by atoms with E-state index >= 15 is 0 Å². The minimum absolute atomic E-state index is 0.00104. The molecule has 0 heterocycles. The first kappa shape index (κ1) is 18.4. The van der Waals surface area contributed by atoms with E-state index in [4.69, 9.17) is 4.74 Å². The second-order valence-electron chi connectivity index (χ2n) is 5.79. The van der Waals surface area contributed by atoms with Gasteiger partial charge >= 0.3 is 0 Å². The zero-order valence-corrected chi connectivity index (χ0v) is 14.5. The van der Waals surface area contributed by atoms with Crippen LogP contribution in [0, 0.1) is 17.0 Å². The van der Waals surface area contributed by atoms with Gasteiger partial charge in [0.25, 0.3) is 11.6 Å². The fraction of sp³-hybridized carbons (Fsp3) is 0.316. The number of anilines is 1. The van der Waals surface area contributed by atoms with Gasteiger partial charge in [0.1, 0.15) is 5.75 Å². The summed E-state index contributed by atoms with van der Waals surface area (Å²) in [5, 5.41) is 13.6. The Morgan fingerprint density at radius 3 is 2.48 bits per heavy atom. The van der Waals surface area contributed by atoms with Crippen LogP contribution in [-0.2, 0) is 0 Å². The number of hydrogen-bond acceptors (Lipinski definition) is 4. The third kappa shape index (κ3) is 5.31. The predicted octanol–water partition coefficient (Wildman–Crippen LogP) is 4.72. The van der Waals surface area contributed by atoms with Gasteiger partial charge in [0.05, 0.1) is 11.5 Å². The topological polar surface area (TPSA) is 81.5 Å². The molecule has 0 spiro atoms. The fourth-order valence-corrected chi connectivity index (χ4v) is 2.38. The first-order chi connectivity index (χ1) is 12.0. The summed E-state index contributed by atoms with van der Waals surface area (Å²) in [6.07, 6.45) is 3.31. The van der Waals surface area contributed by atoms with E-state index in [0.29, 0.717) is 23.4 Å². The average Bonchev–Trinajstić information content (AvgIpc) is 2.59. The van der Waals surface area contributed by atoms with Crippen LogP contribution in [0.15, 0.2) is 42.5 Å². The number of nitrogens with zero attached hydrogens (tertiary/aromatic N) is 1. The number of carbonyl (C=O) groups excluding carboxylic acids is 1. The van der Waals surface area contributed by atoms with E-state index in [9.17, 15) is 14.9 Å². The summed E-state index contributed by atoms with van der Waals surface area (Å²) in [5.74, 6) is 0.454. The van der Waals surface area contributed by atoms with E-state index in [2.05, 4.69) is 12.2 Å². The summed E-state index contributed by atoms with van der Waals surface area (Å²) in [6.45, 7) is 4.44. The lowest BCUT2D eigenvalue weighted by Crippen LogP contribution is -2.12. The van der Waals surface area contributed by atoms with Crippen molar-refractivity contribution < 1.29 is 14.5 Å². The van der Waals surface area contributed by atoms with Crippen molar-refractivity contribution in [1.29, 1.82) is 0 Å². The Labute approximate surface area is 147 Å². The Morgan fingerprint density at radius 2 is 1.88 bits per heavy atom. The number of rotatable bonds is 8. The van der Waals surface area contributed by atoms with Crippen molar-refractivity contribution in [2.24, 2.45) is 0 Å². The number of nitrogens with one attached hydrogen (secondary N) is 1. The number of benzene rings is 2. The standard InChI is InChI=1S/C19H22N2O4/c1-3-4-5-12-25-17-9-7-16(8-10-17)20-19(22)15-6-11-18(21(23)24)14(2)13-15/h6-11,13H,3-5,12H2,1-2H3,(H,20,22). The molecule has 0 aromatic heterocycles. The van der Waals surface area contributed by atoms with Crippen LogP contribution >= 0.6 is 0 Å². The number of aryl methyl sites for hydroxylation is 1. The lowest BCUT2D eigenvalue weighted by molar-refractivity contribution is -0.385. The zero-order chi connectivity index (χ0) is 18.2. The van der Waals surface area contributed by atoms with Gasteiger partial charge in [-0.25, -0.2) is 0 Å². The molecule has 25 heavy (non-hydrogen) atoms. The molecule has 0 saturated heterocycles. The summed E-state index contributed by atoms with van der Waals surface area (Å²) in [4.78, 5) is 22.6. The van der Waals surface area contributed by atoms with Crippen molar-refractivity contribution in [2.75, 3.05) is 11.9 Å². The number of unbranched alkanes of at least 4 members (excludes halogenated alkanes) is 2. The van der Waals surface area contributed by atoms with Crippen molar-refractivity contribution in [3.8, 4) is 5.75 Å². The number of amides is 1. The smallest absolute Gasteiger partial charge is 0.272 e. The quantitative estimate of drug-likeness (QED) is 0.427. The zero-order valence-electron chi connectivity index (χ0n) is 14.5. The Kier molecular flexibility index (Phi) is 6.51. The largest absolute Gasteiger partial charge is 0.494 e. The highest BCUT2D eigenvalue weighted by Crippen LogP contribution is 2.20.